The molecule has 0 amide bonds. The Morgan fingerprint density at radius 2 is 1.50 bits per heavy atom. The lowest BCUT2D eigenvalue weighted by Crippen LogP contribution is -2.01. The monoisotopic (exact) mass is 290 g/mol. The highest BCUT2D eigenvalue weighted by Gasteiger charge is 2.16. The molecule has 0 fully saturated rings. The summed E-state index contributed by atoms with van der Waals surface area (Å²) in [5, 5.41) is 3.05. The van der Waals surface area contributed by atoms with Crippen LogP contribution in [0, 0.1) is 0 Å². The van der Waals surface area contributed by atoms with E-state index in [1.54, 1.807) is 12.1 Å². The lowest BCUT2D eigenvalue weighted by molar-refractivity contribution is 0.174. The van der Waals surface area contributed by atoms with Crippen molar-refractivity contribution in [3.63, 3.8) is 0 Å². The minimum absolute atomic E-state index is 0.0172. The molecule has 0 N–H and O–H groups in total. The Hall–Kier alpha value is -3.01. The molecule has 0 bridgehead atoms. The number of ether oxygens (including phenoxy) is 2. The molecule has 22 heavy (non-hydrogen) atoms. The Balaban J connectivity index is 1.95. The third-order valence-corrected chi connectivity index (χ3v) is 4.03. The van der Waals surface area contributed by atoms with E-state index in [0.717, 1.165) is 16.5 Å². The van der Waals surface area contributed by atoms with E-state index in [0.29, 0.717) is 27.7 Å². The smallest absolute Gasteiger partial charge is 0.231 e. The third kappa shape index (κ3) is 1.49. The highest BCUT2D eigenvalue weighted by atomic mass is 16.7. The summed E-state index contributed by atoms with van der Waals surface area (Å²) >= 11 is 0. The third-order valence-electron chi connectivity index (χ3n) is 4.03. The van der Waals surface area contributed by atoms with Crippen molar-refractivity contribution >= 4 is 32.7 Å². The maximum atomic E-state index is 12.6. The lowest BCUT2D eigenvalue weighted by atomic mass is 10.1. The van der Waals surface area contributed by atoms with Gasteiger partial charge < -0.3 is 13.9 Å². The van der Waals surface area contributed by atoms with Crippen LogP contribution in [0.1, 0.15) is 0 Å². The topological polar surface area (TPSA) is 48.7 Å². The molecule has 5 rings (SSSR count). The SMILES string of the molecule is O=c1c2ccccc2oc2cc3cc4c(cc3cc12)OCO4. The molecule has 1 aliphatic rings. The standard InChI is InChI=1S/C18H10O4/c19-18-12-3-1-2-4-14(12)22-15-6-11-8-17-16(20-9-21-17)7-10(11)5-13(15)18/h1-8H,9H2. The fourth-order valence-electron chi connectivity index (χ4n) is 2.94. The minimum atomic E-state index is -0.0172. The van der Waals surface area contributed by atoms with Crippen molar-refractivity contribution in [2.45, 2.75) is 0 Å². The van der Waals surface area contributed by atoms with Crippen molar-refractivity contribution in [2.24, 2.45) is 0 Å². The maximum absolute atomic E-state index is 12.6. The Morgan fingerprint density at radius 1 is 0.773 bits per heavy atom. The summed E-state index contributed by atoms with van der Waals surface area (Å²) in [5.74, 6) is 1.42. The van der Waals surface area contributed by atoms with Crippen LogP contribution in [0.2, 0.25) is 0 Å². The first-order chi connectivity index (χ1) is 10.8. The van der Waals surface area contributed by atoms with Gasteiger partial charge in [0.2, 0.25) is 12.2 Å². The summed E-state index contributed by atoms with van der Waals surface area (Å²) in [7, 11) is 0. The van der Waals surface area contributed by atoms with Crippen molar-refractivity contribution in [1.29, 1.82) is 0 Å². The van der Waals surface area contributed by atoms with Crippen LogP contribution in [-0.2, 0) is 0 Å². The number of fused-ring (bicyclic) bond motifs is 4. The number of rotatable bonds is 0. The van der Waals surface area contributed by atoms with Crippen molar-refractivity contribution in [3.05, 3.63) is 58.8 Å². The van der Waals surface area contributed by atoms with E-state index in [1.807, 2.05) is 36.4 Å². The molecule has 4 aromatic rings. The molecule has 0 atom stereocenters. The van der Waals surface area contributed by atoms with Gasteiger partial charge >= 0.3 is 0 Å². The maximum Gasteiger partial charge on any atom is 0.231 e. The first kappa shape index (κ1) is 11.6. The summed E-state index contributed by atoms with van der Waals surface area (Å²) in [6, 6.07) is 14.8. The Bertz CT molecular complexity index is 1120. The van der Waals surface area contributed by atoms with Gasteiger partial charge in [-0.15, -0.1) is 0 Å². The highest BCUT2D eigenvalue weighted by Crippen LogP contribution is 2.37. The van der Waals surface area contributed by atoms with Crippen LogP contribution >= 0.6 is 0 Å². The van der Waals surface area contributed by atoms with Crippen LogP contribution in [-0.4, -0.2) is 6.79 Å². The molecule has 106 valence electrons. The second kappa shape index (κ2) is 4.01. The van der Waals surface area contributed by atoms with Crippen LogP contribution in [0.4, 0.5) is 0 Å². The molecule has 3 aromatic carbocycles. The lowest BCUT2D eigenvalue weighted by Gasteiger charge is -2.05. The molecule has 0 unspecified atom stereocenters. The van der Waals surface area contributed by atoms with Gasteiger partial charge in [-0.1, -0.05) is 12.1 Å². The molecule has 1 aromatic heterocycles. The highest BCUT2D eigenvalue weighted by molar-refractivity contribution is 6.00. The summed E-state index contributed by atoms with van der Waals surface area (Å²) in [6.07, 6.45) is 0. The minimum Gasteiger partial charge on any atom is -0.456 e. The van der Waals surface area contributed by atoms with Gasteiger partial charge in [0.05, 0.1) is 10.8 Å². The van der Waals surface area contributed by atoms with Gasteiger partial charge in [0.15, 0.2) is 11.5 Å². The van der Waals surface area contributed by atoms with E-state index in [1.165, 1.54) is 0 Å². The molecule has 0 saturated carbocycles. The predicted molar refractivity (Wildman–Crippen MR) is 83.6 cm³/mol. The number of benzene rings is 3. The number of hydrogen-bond acceptors (Lipinski definition) is 4. The summed E-state index contributed by atoms with van der Waals surface area (Å²) in [5.41, 5.74) is 1.16. The van der Waals surface area contributed by atoms with Crippen LogP contribution in [0.5, 0.6) is 11.5 Å². The first-order valence-electron chi connectivity index (χ1n) is 6.98. The van der Waals surface area contributed by atoms with Gasteiger partial charge in [-0.3, -0.25) is 4.79 Å². The molecule has 2 heterocycles. The molecule has 4 heteroatoms. The van der Waals surface area contributed by atoms with E-state index in [2.05, 4.69) is 0 Å². The van der Waals surface area contributed by atoms with Crippen molar-refractivity contribution in [2.75, 3.05) is 6.79 Å². The molecule has 4 nitrogen and oxygen atoms in total. The normalized spacial score (nSPS) is 13.3. The van der Waals surface area contributed by atoms with Gasteiger partial charge in [0.1, 0.15) is 11.2 Å². The van der Waals surface area contributed by atoms with E-state index in [-0.39, 0.29) is 12.2 Å². The molecule has 0 aliphatic carbocycles. The largest absolute Gasteiger partial charge is 0.456 e. The van der Waals surface area contributed by atoms with Gasteiger partial charge in [-0.2, -0.15) is 0 Å². The molecular formula is C18H10O4. The average molecular weight is 290 g/mol. The predicted octanol–water partition coefficient (Wildman–Crippen LogP) is 3.83. The number of hydrogen-bond donors (Lipinski definition) is 0. The van der Waals surface area contributed by atoms with Crippen molar-refractivity contribution < 1.29 is 13.9 Å². The van der Waals surface area contributed by atoms with Crippen molar-refractivity contribution in [3.8, 4) is 11.5 Å². The van der Waals surface area contributed by atoms with Crippen LogP contribution in [0.3, 0.4) is 0 Å². The van der Waals surface area contributed by atoms with Gasteiger partial charge in [-0.25, -0.2) is 0 Å². The second-order valence-corrected chi connectivity index (χ2v) is 5.33. The van der Waals surface area contributed by atoms with Crippen LogP contribution in [0.25, 0.3) is 32.7 Å². The van der Waals surface area contributed by atoms with Crippen LogP contribution < -0.4 is 14.9 Å². The van der Waals surface area contributed by atoms with E-state index in [9.17, 15) is 4.79 Å². The van der Waals surface area contributed by atoms with E-state index < -0.39 is 0 Å². The van der Waals surface area contributed by atoms with Gasteiger partial charge in [-0.05, 0) is 47.2 Å². The quantitative estimate of drug-likeness (QED) is 0.462. The Labute approximate surface area is 124 Å². The molecule has 0 radical (unpaired) electrons. The summed E-state index contributed by atoms with van der Waals surface area (Å²) < 4.78 is 16.7. The Kier molecular flexibility index (Phi) is 2.12. The molecule has 0 spiro atoms. The van der Waals surface area contributed by atoms with E-state index in [4.69, 9.17) is 13.9 Å². The fourth-order valence-corrected chi connectivity index (χ4v) is 2.94. The summed E-state index contributed by atoms with van der Waals surface area (Å²) in [4.78, 5) is 12.6. The number of para-hydroxylation sites is 1. The van der Waals surface area contributed by atoms with Gasteiger partial charge in [0, 0.05) is 0 Å². The average Bonchev–Trinajstić information content (AvgIpc) is 2.99. The zero-order valence-electron chi connectivity index (χ0n) is 11.5. The molecular weight excluding hydrogens is 280 g/mol. The molecule has 0 saturated heterocycles. The second-order valence-electron chi connectivity index (χ2n) is 5.33. The zero-order chi connectivity index (χ0) is 14.7. The van der Waals surface area contributed by atoms with Gasteiger partial charge in [0.25, 0.3) is 0 Å². The summed E-state index contributed by atoms with van der Waals surface area (Å²) in [6.45, 7) is 0.228. The fraction of sp³-hybridized carbons (Fsp3) is 0.0556. The zero-order valence-corrected chi connectivity index (χ0v) is 11.5. The molecule has 1 aliphatic heterocycles. The van der Waals surface area contributed by atoms with Crippen LogP contribution in [0.15, 0.2) is 57.7 Å². The first-order valence-corrected chi connectivity index (χ1v) is 6.98. The Morgan fingerprint density at radius 3 is 2.32 bits per heavy atom. The van der Waals surface area contributed by atoms with Crippen molar-refractivity contribution in [1.82, 2.24) is 0 Å². The van der Waals surface area contributed by atoms with E-state index >= 15 is 0 Å².